The number of aromatic nitrogens is 2. The third kappa shape index (κ3) is 5.59. The number of carboxylic acids is 1. The molecule has 0 bridgehead atoms. The van der Waals surface area contributed by atoms with Gasteiger partial charge in [0.25, 0.3) is 0 Å². The molecule has 0 fully saturated rings. The lowest BCUT2D eigenvalue weighted by Crippen LogP contribution is -1.98. The molecule has 0 radical (unpaired) electrons. The van der Waals surface area contributed by atoms with Crippen molar-refractivity contribution in [2.24, 2.45) is 0 Å². The molecule has 1 N–H and O–H groups in total. The lowest BCUT2D eigenvalue weighted by atomic mass is 10.4. The molecule has 5 nitrogen and oxygen atoms in total. The third-order valence-corrected chi connectivity index (χ3v) is 2.73. The highest BCUT2D eigenvalue weighted by atomic mass is 79.9. The van der Waals surface area contributed by atoms with Gasteiger partial charge in [0.2, 0.25) is 0 Å². The monoisotopic (exact) mass is 383 g/mol. The molecule has 2 heterocycles. The Hall–Kier alpha value is -1.78. The van der Waals surface area contributed by atoms with Gasteiger partial charge >= 0.3 is 5.97 Å². The molecule has 0 atom stereocenters. The number of nitriles is 1. The highest BCUT2D eigenvalue weighted by molar-refractivity contribution is 9.10. The van der Waals surface area contributed by atoms with Crippen LogP contribution in [0.1, 0.15) is 16.2 Å². The van der Waals surface area contributed by atoms with Crippen molar-refractivity contribution in [2.75, 3.05) is 0 Å². The van der Waals surface area contributed by atoms with Crippen LogP contribution >= 0.6 is 31.9 Å². The van der Waals surface area contributed by atoms with Crippen LogP contribution in [-0.4, -0.2) is 21.0 Å². The number of nitrogens with zero attached hydrogens (tertiary/aromatic N) is 3. The molecule has 0 saturated heterocycles. The first-order chi connectivity index (χ1) is 9.02. The summed E-state index contributed by atoms with van der Waals surface area (Å²) in [5, 5.41) is 16.7. The normalized spacial score (nSPS) is 8.89. The number of hydrogen-bond acceptors (Lipinski definition) is 4. The largest absolute Gasteiger partial charge is 0.477 e. The Bertz CT molecular complexity index is 592. The van der Waals surface area contributed by atoms with E-state index in [1.54, 1.807) is 24.4 Å². The molecule has 0 aromatic carbocycles. The van der Waals surface area contributed by atoms with Crippen molar-refractivity contribution >= 4 is 37.8 Å². The van der Waals surface area contributed by atoms with Gasteiger partial charge in [-0.15, -0.1) is 0 Å². The summed E-state index contributed by atoms with van der Waals surface area (Å²) in [6, 6.07) is 8.43. The standard InChI is InChI=1S/C6H3BrN2.C6H4BrNO2/c7-5-1-2-6(3-8)9-4-5;7-4-1-2-5(6(9)10)8-3-4/h1-2,4H;1-3H,(H,9,10). The summed E-state index contributed by atoms with van der Waals surface area (Å²) in [4.78, 5) is 17.7. The van der Waals surface area contributed by atoms with E-state index in [0.29, 0.717) is 5.69 Å². The van der Waals surface area contributed by atoms with E-state index in [2.05, 4.69) is 41.8 Å². The number of rotatable bonds is 1. The van der Waals surface area contributed by atoms with E-state index in [4.69, 9.17) is 10.4 Å². The van der Waals surface area contributed by atoms with Crippen LogP contribution in [-0.2, 0) is 0 Å². The molecule has 0 amide bonds. The molecule has 0 unspecified atom stereocenters. The zero-order valence-electron chi connectivity index (χ0n) is 9.42. The molecule has 2 aromatic rings. The quantitative estimate of drug-likeness (QED) is 0.815. The van der Waals surface area contributed by atoms with Crippen molar-refractivity contribution in [1.29, 1.82) is 5.26 Å². The van der Waals surface area contributed by atoms with Crippen LogP contribution in [0.5, 0.6) is 0 Å². The first-order valence-electron chi connectivity index (χ1n) is 4.89. The van der Waals surface area contributed by atoms with Gasteiger partial charge in [-0.1, -0.05) is 0 Å². The minimum Gasteiger partial charge on any atom is -0.477 e. The zero-order chi connectivity index (χ0) is 14.3. The van der Waals surface area contributed by atoms with E-state index >= 15 is 0 Å². The molecule has 19 heavy (non-hydrogen) atoms. The zero-order valence-corrected chi connectivity index (χ0v) is 12.6. The fourth-order valence-electron chi connectivity index (χ4n) is 0.944. The van der Waals surface area contributed by atoms with Crippen LogP contribution in [0.4, 0.5) is 0 Å². The second kappa shape index (κ2) is 7.61. The summed E-state index contributed by atoms with van der Waals surface area (Å²) in [5.41, 5.74) is 0.501. The minimum absolute atomic E-state index is 0.0585. The Kier molecular flexibility index (Phi) is 6.12. The van der Waals surface area contributed by atoms with Crippen LogP contribution in [0.3, 0.4) is 0 Å². The van der Waals surface area contributed by atoms with Crippen LogP contribution in [0.25, 0.3) is 0 Å². The Morgan fingerprint density at radius 1 is 1.11 bits per heavy atom. The average molecular weight is 385 g/mol. The van der Waals surface area contributed by atoms with Crippen molar-refractivity contribution in [2.45, 2.75) is 0 Å². The predicted octanol–water partition coefficient (Wildman–Crippen LogP) is 3.26. The number of pyridine rings is 2. The van der Waals surface area contributed by atoms with Crippen molar-refractivity contribution in [1.82, 2.24) is 9.97 Å². The van der Waals surface area contributed by atoms with Crippen LogP contribution in [0.2, 0.25) is 0 Å². The van der Waals surface area contributed by atoms with Crippen molar-refractivity contribution in [3.05, 3.63) is 57.0 Å². The molecular weight excluding hydrogens is 378 g/mol. The third-order valence-electron chi connectivity index (χ3n) is 1.79. The highest BCUT2D eigenvalue weighted by Gasteiger charge is 2.01. The van der Waals surface area contributed by atoms with E-state index in [1.165, 1.54) is 12.3 Å². The van der Waals surface area contributed by atoms with Crippen molar-refractivity contribution in [3.8, 4) is 6.07 Å². The van der Waals surface area contributed by atoms with E-state index in [1.807, 2.05) is 6.07 Å². The second-order valence-corrected chi connectivity index (χ2v) is 4.97. The maximum atomic E-state index is 10.2. The highest BCUT2D eigenvalue weighted by Crippen LogP contribution is 2.07. The van der Waals surface area contributed by atoms with Gasteiger partial charge in [-0.2, -0.15) is 5.26 Å². The van der Waals surface area contributed by atoms with Gasteiger partial charge in [0.15, 0.2) is 0 Å². The van der Waals surface area contributed by atoms with Crippen molar-refractivity contribution < 1.29 is 9.90 Å². The summed E-state index contributed by atoms with van der Waals surface area (Å²) in [6.45, 7) is 0. The SMILES string of the molecule is N#Cc1ccc(Br)cn1.O=C(O)c1ccc(Br)cn1. The second-order valence-electron chi connectivity index (χ2n) is 3.14. The first kappa shape index (κ1) is 15.3. The van der Waals surface area contributed by atoms with E-state index in [-0.39, 0.29) is 5.69 Å². The molecule has 0 aliphatic rings. The summed E-state index contributed by atoms with van der Waals surface area (Å²) < 4.78 is 1.67. The van der Waals surface area contributed by atoms with Gasteiger partial charge in [-0.3, -0.25) is 0 Å². The average Bonchev–Trinajstić information content (AvgIpc) is 2.41. The van der Waals surface area contributed by atoms with Crippen molar-refractivity contribution in [3.63, 3.8) is 0 Å². The Morgan fingerprint density at radius 3 is 2.05 bits per heavy atom. The van der Waals surface area contributed by atoms with Gasteiger partial charge < -0.3 is 5.11 Å². The van der Waals surface area contributed by atoms with Crippen LogP contribution in [0, 0.1) is 11.3 Å². The number of carboxylic acid groups (broad SMARTS) is 1. The smallest absolute Gasteiger partial charge is 0.354 e. The summed E-state index contributed by atoms with van der Waals surface area (Å²) >= 11 is 6.34. The molecule has 2 rings (SSSR count). The van der Waals surface area contributed by atoms with Gasteiger partial charge in [0, 0.05) is 21.3 Å². The molecule has 0 aliphatic carbocycles. The fraction of sp³-hybridized carbons (Fsp3) is 0. The van der Waals surface area contributed by atoms with Crippen LogP contribution in [0.15, 0.2) is 45.6 Å². The Labute approximate surface area is 126 Å². The molecule has 96 valence electrons. The van der Waals surface area contributed by atoms with Gasteiger partial charge in [-0.05, 0) is 56.1 Å². The molecule has 2 aromatic heterocycles. The molecular formula is C12H7Br2N3O2. The van der Waals surface area contributed by atoms with E-state index in [9.17, 15) is 4.79 Å². The topological polar surface area (TPSA) is 86.9 Å². The summed E-state index contributed by atoms with van der Waals surface area (Å²) in [6.07, 6.45) is 3.04. The summed E-state index contributed by atoms with van der Waals surface area (Å²) in [5.74, 6) is -1.01. The molecule has 0 aliphatic heterocycles. The molecule has 7 heteroatoms. The lowest BCUT2D eigenvalue weighted by Gasteiger charge is -1.90. The van der Waals surface area contributed by atoms with Gasteiger partial charge in [0.1, 0.15) is 17.5 Å². The van der Waals surface area contributed by atoms with E-state index in [0.717, 1.165) is 8.95 Å². The van der Waals surface area contributed by atoms with E-state index < -0.39 is 5.97 Å². The summed E-state index contributed by atoms with van der Waals surface area (Å²) in [7, 11) is 0. The first-order valence-corrected chi connectivity index (χ1v) is 6.48. The maximum Gasteiger partial charge on any atom is 0.354 e. The van der Waals surface area contributed by atoms with Gasteiger partial charge in [0.05, 0.1) is 0 Å². The molecule has 0 saturated carbocycles. The Morgan fingerprint density at radius 2 is 1.68 bits per heavy atom. The predicted molar refractivity (Wildman–Crippen MR) is 75.5 cm³/mol. The lowest BCUT2D eigenvalue weighted by molar-refractivity contribution is 0.0690. The minimum atomic E-state index is -1.01. The number of hydrogen-bond donors (Lipinski definition) is 1. The Balaban J connectivity index is 0.000000191. The van der Waals surface area contributed by atoms with Crippen LogP contribution < -0.4 is 0 Å². The number of carbonyl (C=O) groups is 1. The molecule has 0 spiro atoms. The van der Waals surface area contributed by atoms with Gasteiger partial charge in [-0.25, -0.2) is 14.8 Å². The number of aromatic carboxylic acids is 1. The fourth-order valence-corrected chi connectivity index (χ4v) is 1.41. The maximum absolute atomic E-state index is 10.2. The number of halogens is 2.